The second-order valence-electron chi connectivity index (χ2n) is 2.01. The molecule has 0 aliphatic rings. The Balaban J connectivity index is 3.21. The fraction of sp³-hybridized carbons (Fsp3) is 0.167. The largest absolute Gasteiger partial charge is 0.477 e. The maximum atomic E-state index is 10.8. The van der Waals surface area contributed by atoms with Gasteiger partial charge in [-0.1, -0.05) is 11.5 Å². The number of aromatic amines is 1. The van der Waals surface area contributed by atoms with Crippen LogP contribution in [0.15, 0.2) is 4.79 Å². The lowest BCUT2D eigenvalue weighted by Crippen LogP contribution is -2.13. The standard InChI is InChI=1S/C6H5NO4S/c8-2-1-3-4(6(10)11)5(9)7-12-3/h2H,1H2,(H,7,9)(H,10,11). The Bertz CT molecular complexity index is 364. The van der Waals surface area contributed by atoms with Crippen molar-refractivity contribution in [1.29, 1.82) is 0 Å². The van der Waals surface area contributed by atoms with E-state index in [0.29, 0.717) is 6.29 Å². The molecule has 0 fully saturated rings. The molecule has 0 unspecified atom stereocenters. The molecule has 5 nitrogen and oxygen atoms in total. The predicted molar refractivity (Wildman–Crippen MR) is 41.7 cm³/mol. The summed E-state index contributed by atoms with van der Waals surface area (Å²) in [4.78, 5) is 31.6. The van der Waals surface area contributed by atoms with Crippen molar-refractivity contribution in [2.75, 3.05) is 0 Å². The summed E-state index contributed by atoms with van der Waals surface area (Å²) >= 11 is 0.879. The summed E-state index contributed by atoms with van der Waals surface area (Å²) in [5.41, 5.74) is -0.976. The first-order chi connectivity index (χ1) is 5.66. The number of hydrogen-bond acceptors (Lipinski definition) is 4. The van der Waals surface area contributed by atoms with Crippen molar-refractivity contribution < 1.29 is 14.7 Å². The van der Waals surface area contributed by atoms with Crippen molar-refractivity contribution in [1.82, 2.24) is 4.37 Å². The molecule has 0 bridgehead atoms. The summed E-state index contributed by atoms with van der Waals surface area (Å²) in [6, 6.07) is 0. The van der Waals surface area contributed by atoms with E-state index in [1.165, 1.54) is 0 Å². The Hall–Kier alpha value is -1.43. The van der Waals surface area contributed by atoms with Crippen molar-refractivity contribution in [2.24, 2.45) is 0 Å². The molecule has 0 spiro atoms. The third-order valence-corrected chi connectivity index (χ3v) is 2.16. The van der Waals surface area contributed by atoms with Gasteiger partial charge in [0.1, 0.15) is 11.8 Å². The lowest BCUT2D eigenvalue weighted by molar-refractivity contribution is -0.107. The minimum atomic E-state index is -1.30. The first-order valence-corrected chi connectivity index (χ1v) is 3.85. The zero-order valence-electron chi connectivity index (χ0n) is 5.86. The Morgan fingerprint density at radius 3 is 2.83 bits per heavy atom. The second-order valence-corrected chi connectivity index (χ2v) is 2.91. The molecule has 0 radical (unpaired) electrons. The van der Waals surface area contributed by atoms with Gasteiger partial charge in [0, 0.05) is 11.3 Å². The first-order valence-electron chi connectivity index (χ1n) is 3.04. The molecule has 0 aromatic carbocycles. The van der Waals surface area contributed by atoms with Gasteiger partial charge < -0.3 is 9.90 Å². The zero-order valence-corrected chi connectivity index (χ0v) is 6.68. The van der Waals surface area contributed by atoms with Crippen LogP contribution in [0.1, 0.15) is 15.2 Å². The van der Waals surface area contributed by atoms with Crippen LogP contribution in [0.25, 0.3) is 0 Å². The van der Waals surface area contributed by atoms with Crippen molar-refractivity contribution >= 4 is 23.8 Å². The quantitative estimate of drug-likeness (QED) is 0.645. The zero-order chi connectivity index (χ0) is 9.14. The van der Waals surface area contributed by atoms with E-state index in [1.54, 1.807) is 0 Å². The van der Waals surface area contributed by atoms with Crippen LogP contribution >= 0.6 is 11.5 Å². The van der Waals surface area contributed by atoms with Gasteiger partial charge >= 0.3 is 5.97 Å². The second kappa shape index (κ2) is 3.31. The van der Waals surface area contributed by atoms with Crippen LogP contribution in [0.2, 0.25) is 0 Å². The maximum Gasteiger partial charge on any atom is 0.342 e. The Labute approximate surface area is 70.8 Å². The lowest BCUT2D eigenvalue weighted by atomic mass is 10.2. The third kappa shape index (κ3) is 1.42. The van der Waals surface area contributed by atoms with Gasteiger partial charge in [0.15, 0.2) is 0 Å². The number of carbonyl (C=O) groups excluding carboxylic acids is 1. The molecular weight excluding hydrogens is 182 g/mol. The summed E-state index contributed by atoms with van der Waals surface area (Å²) < 4.78 is 2.25. The average Bonchev–Trinajstić information content (AvgIpc) is 2.32. The minimum Gasteiger partial charge on any atom is -0.477 e. The van der Waals surface area contributed by atoms with E-state index < -0.39 is 11.5 Å². The molecule has 1 aromatic rings. The van der Waals surface area contributed by atoms with E-state index in [9.17, 15) is 14.4 Å². The number of H-pyrrole nitrogens is 1. The molecule has 1 heterocycles. The fourth-order valence-corrected chi connectivity index (χ4v) is 1.52. The normalized spacial score (nSPS) is 9.67. The van der Waals surface area contributed by atoms with E-state index >= 15 is 0 Å². The summed E-state index contributed by atoms with van der Waals surface area (Å²) in [7, 11) is 0. The Morgan fingerprint density at radius 1 is 1.67 bits per heavy atom. The van der Waals surface area contributed by atoms with Crippen LogP contribution in [0.5, 0.6) is 0 Å². The van der Waals surface area contributed by atoms with Crippen molar-refractivity contribution in [3.8, 4) is 0 Å². The molecule has 0 atom stereocenters. The molecule has 6 heteroatoms. The number of aromatic carboxylic acids is 1. The van der Waals surface area contributed by atoms with E-state index in [4.69, 9.17) is 5.11 Å². The molecule has 0 saturated heterocycles. The topological polar surface area (TPSA) is 87.2 Å². The van der Waals surface area contributed by atoms with Gasteiger partial charge in [0.25, 0.3) is 5.56 Å². The molecule has 64 valence electrons. The van der Waals surface area contributed by atoms with Crippen LogP contribution < -0.4 is 5.56 Å². The fourth-order valence-electron chi connectivity index (χ4n) is 0.772. The van der Waals surface area contributed by atoms with Gasteiger partial charge in [0.05, 0.1) is 0 Å². The highest BCUT2D eigenvalue weighted by Crippen LogP contribution is 2.08. The van der Waals surface area contributed by atoms with Gasteiger partial charge in [-0.25, -0.2) is 4.79 Å². The predicted octanol–water partition coefficient (Wildman–Crippen LogP) is -0.124. The lowest BCUT2D eigenvalue weighted by Gasteiger charge is -1.88. The Kier molecular flexibility index (Phi) is 2.39. The van der Waals surface area contributed by atoms with E-state index in [-0.39, 0.29) is 16.9 Å². The van der Waals surface area contributed by atoms with Crippen molar-refractivity contribution in [3.05, 3.63) is 20.8 Å². The first kappa shape index (κ1) is 8.66. The summed E-state index contributed by atoms with van der Waals surface area (Å²) in [5, 5.41) is 8.53. The van der Waals surface area contributed by atoms with Crippen LogP contribution in [-0.4, -0.2) is 21.7 Å². The van der Waals surface area contributed by atoms with Crippen LogP contribution in [0, 0.1) is 0 Å². The molecule has 1 aromatic heterocycles. The molecule has 1 rings (SSSR count). The summed E-state index contributed by atoms with van der Waals surface area (Å²) in [6.45, 7) is 0. The number of carboxylic acid groups (broad SMARTS) is 1. The number of aromatic nitrogens is 1. The molecular formula is C6H5NO4S. The minimum absolute atomic E-state index is 0.0367. The van der Waals surface area contributed by atoms with Crippen LogP contribution in [-0.2, 0) is 11.2 Å². The van der Waals surface area contributed by atoms with Gasteiger partial charge in [-0.15, -0.1) is 0 Å². The molecule has 12 heavy (non-hydrogen) atoms. The molecule has 0 aliphatic carbocycles. The van der Waals surface area contributed by atoms with E-state index in [2.05, 4.69) is 4.37 Å². The number of hydrogen-bond donors (Lipinski definition) is 2. The molecule has 2 N–H and O–H groups in total. The number of carboxylic acids is 1. The van der Waals surface area contributed by atoms with Crippen molar-refractivity contribution in [2.45, 2.75) is 6.42 Å². The Morgan fingerprint density at radius 2 is 2.33 bits per heavy atom. The smallest absolute Gasteiger partial charge is 0.342 e. The number of rotatable bonds is 3. The van der Waals surface area contributed by atoms with E-state index in [0.717, 1.165) is 11.5 Å². The highest BCUT2D eigenvalue weighted by molar-refractivity contribution is 7.06. The van der Waals surface area contributed by atoms with Crippen LogP contribution in [0.4, 0.5) is 0 Å². The SMILES string of the molecule is O=CCc1s[nH]c(=O)c1C(=O)O. The van der Waals surface area contributed by atoms with Crippen molar-refractivity contribution in [3.63, 3.8) is 0 Å². The number of carbonyl (C=O) groups is 2. The molecule has 0 aliphatic heterocycles. The van der Waals surface area contributed by atoms with Gasteiger partial charge in [0.2, 0.25) is 0 Å². The molecule has 0 saturated carbocycles. The maximum absolute atomic E-state index is 10.8. The number of aldehydes is 1. The monoisotopic (exact) mass is 187 g/mol. The van der Waals surface area contributed by atoms with E-state index in [1.807, 2.05) is 0 Å². The number of nitrogens with one attached hydrogen (secondary N) is 1. The molecule has 0 amide bonds. The van der Waals surface area contributed by atoms with Crippen LogP contribution in [0.3, 0.4) is 0 Å². The van der Waals surface area contributed by atoms with Gasteiger partial charge in [-0.05, 0) is 0 Å². The van der Waals surface area contributed by atoms with Gasteiger partial charge in [-0.2, -0.15) is 0 Å². The average molecular weight is 187 g/mol. The summed E-state index contributed by atoms with van der Waals surface area (Å²) in [6.07, 6.45) is 0.524. The van der Waals surface area contributed by atoms with Gasteiger partial charge in [-0.3, -0.25) is 9.17 Å². The highest BCUT2D eigenvalue weighted by Gasteiger charge is 2.16. The summed E-state index contributed by atoms with van der Waals surface area (Å²) in [5.74, 6) is -1.30. The third-order valence-electron chi connectivity index (χ3n) is 1.26. The highest BCUT2D eigenvalue weighted by atomic mass is 32.1.